The molecule has 1 fully saturated rings. The number of nitrogens with one attached hydrogen (secondary N) is 1. The van der Waals surface area contributed by atoms with Crippen LogP contribution in [0.2, 0.25) is 0 Å². The van der Waals surface area contributed by atoms with Crippen LogP contribution in [-0.2, 0) is 11.3 Å². The van der Waals surface area contributed by atoms with E-state index in [2.05, 4.69) is 5.32 Å². The van der Waals surface area contributed by atoms with Crippen molar-refractivity contribution in [1.29, 1.82) is 0 Å². The number of benzene rings is 1. The first-order chi connectivity index (χ1) is 10.6. The van der Waals surface area contributed by atoms with Crippen LogP contribution in [-0.4, -0.2) is 40.1 Å². The largest absolute Gasteiger partial charge is 0.379 e. The maximum atomic E-state index is 13.3. The summed E-state index contributed by atoms with van der Waals surface area (Å²) in [7, 11) is 0. The minimum atomic E-state index is -1.45. The van der Waals surface area contributed by atoms with Crippen molar-refractivity contribution in [1.82, 2.24) is 10.2 Å². The van der Waals surface area contributed by atoms with E-state index in [0.29, 0.717) is 24.9 Å². The summed E-state index contributed by atoms with van der Waals surface area (Å²) in [5.41, 5.74) is -1.16. The first-order valence-electron chi connectivity index (χ1n) is 7.81. The zero-order valence-corrected chi connectivity index (χ0v) is 13.8. The lowest BCUT2D eigenvalue weighted by Crippen LogP contribution is -2.59. The maximum Gasteiger partial charge on any atom is 0.256 e. The van der Waals surface area contributed by atoms with E-state index < -0.39 is 17.2 Å². The Morgan fingerprint density at radius 3 is 2.61 bits per heavy atom. The van der Waals surface area contributed by atoms with Crippen molar-refractivity contribution in [2.75, 3.05) is 13.1 Å². The summed E-state index contributed by atoms with van der Waals surface area (Å²) in [6.07, 6.45) is 1.06. The van der Waals surface area contributed by atoms with Gasteiger partial charge in [0.25, 0.3) is 5.91 Å². The van der Waals surface area contributed by atoms with Gasteiger partial charge in [0, 0.05) is 25.2 Å². The van der Waals surface area contributed by atoms with Crippen LogP contribution in [0.5, 0.6) is 0 Å². The number of β-amino-alcohol motifs (C(OH)–C–C–N with tert-alkyl or cyclic N) is 1. The van der Waals surface area contributed by atoms with Crippen molar-refractivity contribution in [3.8, 4) is 0 Å². The minimum absolute atomic E-state index is 0.161. The molecular formula is C17H24F2N2O2. The van der Waals surface area contributed by atoms with E-state index in [1.54, 1.807) is 0 Å². The molecule has 1 aromatic carbocycles. The molecule has 0 bridgehead atoms. The Morgan fingerprint density at radius 2 is 2.00 bits per heavy atom. The van der Waals surface area contributed by atoms with Crippen LogP contribution >= 0.6 is 0 Å². The molecule has 1 aromatic rings. The molecule has 1 saturated heterocycles. The van der Waals surface area contributed by atoms with Gasteiger partial charge in [0.1, 0.15) is 0 Å². The Kier molecular flexibility index (Phi) is 5.06. The fraction of sp³-hybridized carbons (Fsp3) is 0.588. The van der Waals surface area contributed by atoms with E-state index in [0.717, 1.165) is 12.1 Å². The van der Waals surface area contributed by atoms with Crippen molar-refractivity contribution in [2.24, 2.45) is 0 Å². The third-order valence-corrected chi connectivity index (χ3v) is 3.97. The van der Waals surface area contributed by atoms with Crippen molar-refractivity contribution in [3.63, 3.8) is 0 Å². The summed E-state index contributed by atoms with van der Waals surface area (Å²) < 4.78 is 26.3. The first kappa shape index (κ1) is 17.8. The molecule has 1 aliphatic rings. The van der Waals surface area contributed by atoms with Gasteiger partial charge in [0.2, 0.25) is 0 Å². The van der Waals surface area contributed by atoms with Gasteiger partial charge in [-0.3, -0.25) is 4.79 Å². The van der Waals surface area contributed by atoms with Gasteiger partial charge in [-0.25, -0.2) is 8.78 Å². The molecule has 0 unspecified atom stereocenters. The summed E-state index contributed by atoms with van der Waals surface area (Å²) in [6.45, 7) is 6.71. The van der Waals surface area contributed by atoms with Gasteiger partial charge in [-0.05, 0) is 51.3 Å². The topological polar surface area (TPSA) is 52.6 Å². The fourth-order valence-corrected chi connectivity index (χ4v) is 2.65. The summed E-state index contributed by atoms with van der Waals surface area (Å²) in [5, 5.41) is 13.8. The predicted octanol–water partition coefficient (Wildman–Crippen LogP) is 2.21. The van der Waals surface area contributed by atoms with Crippen LogP contribution in [0.1, 0.15) is 39.2 Å². The average Bonchev–Trinajstić information content (AvgIpc) is 2.45. The molecular weight excluding hydrogens is 302 g/mol. The number of carbonyl (C=O) groups is 1. The highest BCUT2D eigenvalue weighted by Gasteiger charge is 2.42. The fourth-order valence-electron chi connectivity index (χ4n) is 2.65. The summed E-state index contributed by atoms with van der Waals surface area (Å²) in [4.78, 5) is 14.1. The molecule has 0 radical (unpaired) electrons. The van der Waals surface area contributed by atoms with Gasteiger partial charge >= 0.3 is 0 Å². The summed E-state index contributed by atoms with van der Waals surface area (Å²) >= 11 is 0. The molecule has 0 aromatic heterocycles. The number of rotatable bonds is 4. The Balaban J connectivity index is 2.08. The smallest absolute Gasteiger partial charge is 0.256 e. The molecule has 128 valence electrons. The van der Waals surface area contributed by atoms with Crippen LogP contribution < -0.4 is 5.32 Å². The molecule has 2 N–H and O–H groups in total. The van der Waals surface area contributed by atoms with Crippen LogP contribution in [0.15, 0.2) is 18.2 Å². The zero-order chi connectivity index (χ0) is 17.3. The van der Waals surface area contributed by atoms with Gasteiger partial charge in [-0.15, -0.1) is 0 Å². The second-order valence-electron chi connectivity index (χ2n) is 7.21. The number of hydrogen-bond acceptors (Lipinski definition) is 3. The number of piperidine rings is 1. The molecule has 0 saturated carbocycles. The highest BCUT2D eigenvalue weighted by Crippen LogP contribution is 2.24. The van der Waals surface area contributed by atoms with E-state index in [1.165, 1.54) is 11.0 Å². The third kappa shape index (κ3) is 4.48. The van der Waals surface area contributed by atoms with Crippen LogP contribution in [0.25, 0.3) is 0 Å². The normalized spacial score (nSPS) is 22.5. The van der Waals surface area contributed by atoms with Gasteiger partial charge in [-0.2, -0.15) is 0 Å². The number of aliphatic hydroxyl groups is 1. The predicted molar refractivity (Wildman–Crippen MR) is 83.7 cm³/mol. The van der Waals surface area contributed by atoms with E-state index in [4.69, 9.17) is 0 Å². The van der Waals surface area contributed by atoms with Crippen LogP contribution in [0.4, 0.5) is 8.78 Å². The van der Waals surface area contributed by atoms with Crippen LogP contribution in [0.3, 0.4) is 0 Å². The highest BCUT2D eigenvalue weighted by molar-refractivity contribution is 5.86. The molecule has 0 spiro atoms. The average molecular weight is 326 g/mol. The Morgan fingerprint density at radius 1 is 1.30 bits per heavy atom. The number of carbonyl (C=O) groups excluding carboxylic acids is 1. The zero-order valence-electron chi connectivity index (χ0n) is 13.8. The standard InChI is InChI=1S/C17H24F2N2O2/c1-16(2,3)20-11-17(23)7-4-8-21(15(17)22)10-12-5-6-13(18)14(19)9-12/h5-6,9,20,23H,4,7-8,10-11H2,1-3H3/t17-/m0/s1. The third-order valence-electron chi connectivity index (χ3n) is 3.97. The van der Waals surface area contributed by atoms with Gasteiger partial charge in [0.15, 0.2) is 17.2 Å². The molecule has 1 atom stereocenters. The highest BCUT2D eigenvalue weighted by atomic mass is 19.2. The number of likely N-dealkylation sites (tertiary alicyclic amines) is 1. The SMILES string of the molecule is CC(C)(C)NC[C@@]1(O)CCCN(Cc2ccc(F)c(F)c2)C1=O. The Bertz CT molecular complexity index is 586. The Labute approximate surface area is 135 Å². The molecule has 0 aliphatic carbocycles. The lowest BCUT2D eigenvalue weighted by atomic mass is 9.90. The van der Waals surface area contributed by atoms with Crippen molar-refractivity contribution < 1.29 is 18.7 Å². The minimum Gasteiger partial charge on any atom is -0.379 e. The molecule has 1 aliphatic heterocycles. The Hall–Kier alpha value is -1.53. The van der Waals surface area contributed by atoms with Gasteiger partial charge in [-0.1, -0.05) is 6.07 Å². The van der Waals surface area contributed by atoms with Crippen molar-refractivity contribution in [2.45, 2.75) is 51.3 Å². The van der Waals surface area contributed by atoms with Gasteiger partial charge in [0.05, 0.1) is 0 Å². The molecule has 4 nitrogen and oxygen atoms in total. The number of nitrogens with zero attached hydrogens (tertiary/aromatic N) is 1. The van der Waals surface area contributed by atoms with E-state index in [9.17, 15) is 18.7 Å². The number of hydrogen-bond donors (Lipinski definition) is 2. The molecule has 6 heteroatoms. The summed E-state index contributed by atoms with van der Waals surface area (Å²) in [5.74, 6) is -2.22. The van der Waals surface area contributed by atoms with E-state index in [1.807, 2.05) is 20.8 Å². The lowest BCUT2D eigenvalue weighted by Gasteiger charge is -2.39. The maximum absolute atomic E-state index is 13.3. The first-order valence-corrected chi connectivity index (χ1v) is 7.81. The van der Waals surface area contributed by atoms with Crippen LogP contribution in [0, 0.1) is 11.6 Å². The lowest BCUT2D eigenvalue weighted by molar-refractivity contribution is -0.157. The van der Waals surface area contributed by atoms with Crippen molar-refractivity contribution in [3.05, 3.63) is 35.4 Å². The number of amides is 1. The summed E-state index contributed by atoms with van der Waals surface area (Å²) in [6, 6.07) is 3.59. The van der Waals surface area contributed by atoms with Crippen molar-refractivity contribution >= 4 is 5.91 Å². The van der Waals surface area contributed by atoms with Gasteiger partial charge < -0.3 is 15.3 Å². The number of halogens is 2. The molecule has 2 rings (SSSR count). The molecule has 23 heavy (non-hydrogen) atoms. The van der Waals surface area contributed by atoms with E-state index >= 15 is 0 Å². The second-order valence-corrected chi connectivity index (χ2v) is 7.21. The van der Waals surface area contributed by atoms with E-state index in [-0.39, 0.29) is 24.5 Å². The quantitative estimate of drug-likeness (QED) is 0.892. The monoisotopic (exact) mass is 326 g/mol. The molecule has 1 amide bonds. The second kappa shape index (κ2) is 6.53. The molecule has 1 heterocycles.